The molecule has 0 radical (unpaired) electrons. The lowest BCUT2D eigenvalue weighted by molar-refractivity contribution is -0.124. The van der Waals surface area contributed by atoms with Crippen molar-refractivity contribution in [2.24, 2.45) is 5.92 Å². The van der Waals surface area contributed by atoms with Crippen LogP contribution in [0.2, 0.25) is 5.02 Å². The van der Waals surface area contributed by atoms with Gasteiger partial charge in [0.25, 0.3) is 0 Å². The van der Waals surface area contributed by atoms with Gasteiger partial charge in [-0.25, -0.2) is 0 Å². The molecule has 2 aliphatic carbocycles. The lowest BCUT2D eigenvalue weighted by Gasteiger charge is -2.44. The molecule has 0 amide bonds. The lowest BCUT2D eigenvalue weighted by atomic mass is 9.58. The van der Waals surface area contributed by atoms with Gasteiger partial charge in [-0.15, -0.1) is 0 Å². The van der Waals surface area contributed by atoms with Crippen molar-refractivity contribution in [2.75, 3.05) is 0 Å². The molecule has 1 aromatic carbocycles. The molecule has 0 aromatic heterocycles. The van der Waals surface area contributed by atoms with E-state index in [0.29, 0.717) is 18.1 Å². The zero-order valence-electron chi connectivity index (χ0n) is 13.1. The van der Waals surface area contributed by atoms with Crippen LogP contribution in [0.1, 0.15) is 51.0 Å². The van der Waals surface area contributed by atoms with Crippen molar-refractivity contribution in [3.63, 3.8) is 0 Å². The predicted molar refractivity (Wildman–Crippen MR) is 92.2 cm³/mol. The molecule has 1 saturated carbocycles. The summed E-state index contributed by atoms with van der Waals surface area (Å²) in [5, 5.41) is 0.728. The molecular weight excluding hydrogens is 292 g/mol. The monoisotopic (exact) mass is 314 g/mol. The van der Waals surface area contributed by atoms with E-state index in [9.17, 15) is 4.79 Å². The Labute approximate surface area is 138 Å². The van der Waals surface area contributed by atoms with Crippen LogP contribution < -0.4 is 0 Å². The molecule has 3 rings (SSSR count). The van der Waals surface area contributed by atoms with Crippen molar-refractivity contribution in [1.29, 1.82) is 0 Å². The molecule has 0 heterocycles. The maximum absolute atomic E-state index is 13.2. The third-order valence-corrected chi connectivity index (χ3v) is 5.41. The Balaban J connectivity index is 2.14. The minimum Gasteiger partial charge on any atom is -0.298 e. The van der Waals surface area contributed by atoms with Crippen LogP contribution in [0.15, 0.2) is 48.1 Å². The van der Waals surface area contributed by atoms with Gasteiger partial charge in [-0.3, -0.25) is 4.79 Å². The first-order valence-corrected chi connectivity index (χ1v) is 8.73. The van der Waals surface area contributed by atoms with Crippen molar-refractivity contribution in [1.82, 2.24) is 0 Å². The Kier molecular flexibility index (Phi) is 4.54. The highest BCUT2D eigenvalue weighted by molar-refractivity contribution is 6.30. The zero-order valence-corrected chi connectivity index (χ0v) is 13.9. The van der Waals surface area contributed by atoms with Crippen LogP contribution in [0.3, 0.4) is 0 Å². The van der Waals surface area contributed by atoms with Crippen LogP contribution in [0.4, 0.5) is 0 Å². The van der Waals surface area contributed by atoms with Gasteiger partial charge in [-0.2, -0.15) is 0 Å². The lowest BCUT2D eigenvalue weighted by Crippen LogP contribution is -2.43. The van der Waals surface area contributed by atoms with Gasteiger partial charge in [0.05, 0.1) is 5.41 Å². The average molecular weight is 315 g/mol. The number of halogens is 1. The van der Waals surface area contributed by atoms with E-state index in [-0.39, 0.29) is 0 Å². The molecule has 2 aliphatic rings. The van der Waals surface area contributed by atoms with E-state index in [1.54, 1.807) is 0 Å². The summed E-state index contributed by atoms with van der Waals surface area (Å²) in [5.74, 6) is 0.902. The number of benzene rings is 1. The van der Waals surface area contributed by atoms with Crippen LogP contribution in [0.25, 0.3) is 0 Å². The number of Topliss-reactive ketones (excluding diaryl/α,β-unsaturated/α-hetero) is 1. The standard InChI is InChI=1S/C20H23ClO/c1-2-6-19(22)20(16-10-12-17(21)13-11-16)14-5-8-15-7-3-4-9-18(15)20/h3-4,9-13,15H,2,5-8,14H2,1H3. The second-order valence-electron chi connectivity index (χ2n) is 6.46. The van der Waals surface area contributed by atoms with Crippen LogP contribution in [0, 0.1) is 5.92 Å². The fraction of sp³-hybridized carbons (Fsp3) is 0.450. The van der Waals surface area contributed by atoms with Gasteiger partial charge in [0.15, 0.2) is 0 Å². The SMILES string of the molecule is CCCC(=O)C1(c2ccc(Cl)cc2)CCCC2CC=CC=C21. The largest absolute Gasteiger partial charge is 0.298 e. The van der Waals surface area contributed by atoms with E-state index in [2.05, 4.69) is 37.3 Å². The first-order chi connectivity index (χ1) is 10.7. The minimum atomic E-state index is -0.422. The molecule has 0 aliphatic heterocycles. The molecule has 0 spiro atoms. The maximum atomic E-state index is 13.2. The smallest absolute Gasteiger partial charge is 0.147 e. The van der Waals surface area contributed by atoms with Crippen molar-refractivity contribution in [3.05, 3.63) is 58.7 Å². The fourth-order valence-electron chi connectivity index (χ4n) is 4.15. The number of allylic oxidation sites excluding steroid dienone is 4. The van der Waals surface area contributed by atoms with Gasteiger partial charge in [0.1, 0.15) is 5.78 Å². The van der Waals surface area contributed by atoms with Gasteiger partial charge in [0, 0.05) is 11.4 Å². The Bertz CT molecular complexity index is 611. The van der Waals surface area contributed by atoms with Crippen LogP contribution >= 0.6 is 11.6 Å². The number of ketones is 1. The molecule has 0 saturated heterocycles. The second kappa shape index (κ2) is 6.42. The van der Waals surface area contributed by atoms with Crippen LogP contribution in [-0.4, -0.2) is 5.78 Å². The van der Waals surface area contributed by atoms with E-state index in [1.807, 2.05) is 12.1 Å². The van der Waals surface area contributed by atoms with Crippen LogP contribution in [-0.2, 0) is 10.2 Å². The molecule has 2 atom stereocenters. The number of carbonyl (C=O) groups excluding carboxylic acids is 1. The number of fused-ring (bicyclic) bond motifs is 1. The van der Waals surface area contributed by atoms with Gasteiger partial charge < -0.3 is 0 Å². The maximum Gasteiger partial charge on any atom is 0.147 e. The van der Waals surface area contributed by atoms with Crippen LogP contribution in [0.5, 0.6) is 0 Å². The van der Waals surface area contributed by atoms with E-state index in [0.717, 1.165) is 36.3 Å². The quantitative estimate of drug-likeness (QED) is 0.703. The van der Waals surface area contributed by atoms with E-state index in [1.165, 1.54) is 12.0 Å². The Morgan fingerprint density at radius 1 is 1.32 bits per heavy atom. The van der Waals surface area contributed by atoms with E-state index >= 15 is 0 Å². The predicted octanol–water partition coefficient (Wildman–Crippen LogP) is 5.63. The number of hydrogen-bond donors (Lipinski definition) is 0. The molecule has 1 nitrogen and oxygen atoms in total. The molecule has 2 heteroatoms. The number of hydrogen-bond acceptors (Lipinski definition) is 1. The summed E-state index contributed by atoms with van der Waals surface area (Å²) in [6, 6.07) is 7.94. The third kappa shape index (κ3) is 2.56. The van der Waals surface area contributed by atoms with Gasteiger partial charge in [0.2, 0.25) is 0 Å². The normalized spacial score (nSPS) is 27.2. The fourth-order valence-corrected chi connectivity index (χ4v) is 4.27. The molecule has 22 heavy (non-hydrogen) atoms. The first-order valence-electron chi connectivity index (χ1n) is 8.35. The summed E-state index contributed by atoms with van der Waals surface area (Å²) in [6.07, 6.45) is 12.4. The van der Waals surface area contributed by atoms with Crippen molar-refractivity contribution >= 4 is 17.4 Å². The Hall–Kier alpha value is -1.34. The van der Waals surface area contributed by atoms with Gasteiger partial charge in [-0.1, -0.05) is 55.3 Å². The summed E-state index contributed by atoms with van der Waals surface area (Å²) in [5.41, 5.74) is 2.04. The van der Waals surface area contributed by atoms with Crippen molar-refractivity contribution < 1.29 is 4.79 Å². The Morgan fingerprint density at radius 3 is 2.82 bits per heavy atom. The van der Waals surface area contributed by atoms with Crippen molar-refractivity contribution in [3.8, 4) is 0 Å². The third-order valence-electron chi connectivity index (χ3n) is 5.16. The van der Waals surface area contributed by atoms with E-state index in [4.69, 9.17) is 11.6 Å². The van der Waals surface area contributed by atoms with Crippen molar-refractivity contribution in [2.45, 2.75) is 50.9 Å². The molecule has 1 aromatic rings. The van der Waals surface area contributed by atoms with Gasteiger partial charge in [-0.05, 0) is 54.9 Å². The Morgan fingerprint density at radius 2 is 2.09 bits per heavy atom. The number of rotatable bonds is 4. The number of carbonyl (C=O) groups is 1. The molecule has 0 N–H and O–H groups in total. The zero-order chi connectivity index (χ0) is 15.6. The molecule has 0 bridgehead atoms. The minimum absolute atomic E-state index is 0.378. The summed E-state index contributed by atoms with van der Waals surface area (Å²) in [6.45, 7) is 2.09. The highest BCUT2D eigenvalue weighted by atomic mass is 35.5. The summed E-state index contributed by atoms with van der Waals surface area (Å²) < 4.78 is 0. The second-order valence-corrected chi connectivity index (χ2v) is 6.90. The molecule has 2 unspecified atom stereocenters. The first kappa shape index (κ1) is 15.6. The molecular formula is C20H23ClO. The average Bonchev–Trinajstić information content (AvgIpc) is 2.55. The summed E-state index contributed by atoms with van der Waals surface area (Å²) in [7, 11) is 0. The highest BCUT2D eigenvalue weighted by Gasteiger charge is 2.47. The highest BCUT2D eigenvalue weighted by Crippen LogP contribution is 2.50. The molecule has 1 fully saturated rings. The topological polar surface area (TPSA) is 17.1 Å². The van der Waals surface area contributed by atoms with E-state index < -0.39 is 5.41 Å². The van der Waals surface area contributed by atoms with Gasteiger partial charge >= 0.3 is 0 Å². The summed E-state index contributed by atoms with van der Waals surface area (Å²) in [4.78, 5) is 13.2. The molecule has 116 valence electrons. The summed E-state index contributed by atoms with van der Waals surface area (Å²) >= 11 is 6.06.